The van der Waals surface area contributed by atoms with Crippen LogP contribution in [0.2, 0.25) is 5.02 Å². The van der Waals surface area contributed by atoms with Crippen molar-refractivity contribution in [2.75, 3.05) is 0 Å². The van der Waals surface area contributed by atoms with Crippen molar-refractivity contribution in [3.63, 3.8) is 0 Å². The molecule has 0 aliphatic carbocycles. The van der Waals surface area contributed by atoms with E-state index in [4.69, 9.17) is 11.6 Å². The van der Waals surface area contributed by atoms with E-state index in [0.29, 0.717) is 21.5 Å². The average molecular weight is 293 g/mol. The van der Waals surface area contributed by atoms with Gasteiger partial charge in [-0.1, -0.05) is 41.6 Å². The molecule has 2 heterocycles. The number of nitrogens with one attached hydrogen (secondary N) is 1. The Kier molecular flexibility index (Phi) is 3.35. The third-order valence-corrected chi connectivity index (χ3v) is 4.00. The first-order chi connectivity index (χ1) is 9.24. The molecule has 3 rings (SSSR count). The molecule has 1 atom stereocenters. The molecule has 1 unspecified atom stereocenters. The largest absolute Gasteiger partial charge is 0.301 e. The lowest BCUT2D eigenvalue weighted by atomic mass is 10.2. The molecule has 19 heavy (non-hydrogen) atoms. The minimum Gasteiger partial charge on any atom is -0.301 e. The lowest BCUT2D eigenvalue weighted by molar-refractivity contribution is -0.116. The average Bonchev–Trinajstić information content (AvgIpc) is 2.87. The van der Waals surface area contributed by atoms with E-state index in [-0.39, 0.29) is 5.91 Å². The van der Waals surface area contributed by atoms with Gasteiger partial charge in [-0.15, -0.1) is 0 Å². The van der Waals surface area contributed by atoms with Gasteiger partial charge in [0.15, 0.2) is 11.3 Å². The number of aliphatic imine (C=N–C) groups is 1. The Bertz CT molecular complexity index is 626. The van der Waals surface area contributed by atoms with Gasteiger partial charge in [0.05, 0.1) is 11.8 Å². The first kappa shape index (κ1) is 12.4. The van der Waals surface area contributed by atoms with Gasteiger partial charge >= 0.3 is 0 Å². The number of nitrogens with zero attached hydrogens (tertiary/aromatic N) is 3. The number of fused-ring (bicyclic) bond motifs is 1. The highest BCUT2D eigenvalue weighted by Gasteiger charge is 2.29. The van der Waals surface area contributed by atoms with E-state index >= 15 is 0 Å². The van der Waals surface area contributed by atoms with Crippen molar-refractivity contribution in [1.82, 2.24) is 5.32 Å². The highest BCUT2D eigenvalue weighted by atomic mass is 35.5. The zero-order chi connectivity index (χ0) is 13.2. The molecule has 0 bridgehead atoms. The van der Waals surface area contributed by atoms with E-state index in [1.54, 1.807) is 0 Å². The van der Waals surface area contributed by atoms with E-state index < -0.39 is 6.17 Å². The molecule has 0 spiro atoms. The third-order valence-electron chi connectivity index (χ3n) is 2.70. The molecule has 1 N–H and O–H groups in total. The number of carbonyl (C=O) groups excluding carboxylic acids is 1. The zero-order valence-corrected chi connectivity index (χ0v) is 11.3. The third kappa shape index (κ3) is 2.54. The van der Waals surface area contributed by atoms with Crippen molar-refractivity contribution >= 4 is 34.4 Å². The standard InChI is InChI=1S/C12H9ClN4OS/c13-9-4-2-1-3-7(9)6-19-12-15-10-8(5-14-17-10)11(18)16-12/h1-5,10H,6H2,(H,15,16,18). The zero-order valence-electron chi connectivity index (χ0n) is 9.71. The molecule has 0 saturated heterocycles. The summed E-state index contributed by atoms with van der Waals surface area (Å²) >= 11 is 7.50. The van der Waals surface area contributed by atoms with Crippen LogP contribution in [0.1, 0.15) is 5.56 Å². The number of amides is 1. The number of azo groups is 1. The van der Waals surface area contributed by atoms with Crippen LogP contribution in [-0.2, 0) is 10.5 Å². The van der Waals surface area contributed by atoms with Gasteiger partial charge in [0.2, 0.25) is 0 Å². The summed E-state index contributed by atoms with van der Waals surface area (Å²) in [6.45, 7) is 0. The maximum absolute atomic E-state index is 11.7. The predicted octanol–water partition coefficient (Wildman–Crippen LogP) is 2.73. The number of thioether (sulfide) groups is 1. The monoisotopic (exact) mass is 292 g/mol. The summed E-state index contributed by atoms with van der Waals surface area (Å²) in [4.78, 5) is 16.1. The number of carbonyl (C=O) groups is 1. The second-order valence-electron chi connectivity index (χ2n) is 3.96. The molecule has 96 valence electrons. The van der Waals surface area contributed by atoms with Crippen LogP contribution in [0.3, 0.4) is 0 Å². The van der Waals surface area contributed by atoms with Gasteiger partial charge in [-0.3, -0.25) is 4.79 Å². The Hall–Kier alpha value is -1.66. The summed E-state index contributed by atoms with van der Waals surface area (Å²) in [5.41, 5.74) is 1.49. The highest BCUT2D eigenvalue weighted by Crippen LogP contribution is 2.25. The number of halogens is 1. The molecular formula is C12H9ClN4OS. The van der Waals surface area contributed by atoms with Crippen molar-refractivity contribution < 1.29 is 4.79 Å². The molecule has 0 fully saturated rings. The lowest BCUT2D eigenvalue weighted by Crippen LogP contribution is -2.37. The van der Waals surface area contributed by atoms with Crippen LogP contribution in [-0.4, -0.2) is 17.2 Å². The van der Waals surface area contributed by atoms with Crippen LogP contribution in [0.15, 0.2) is 51.3 Å². The summed E-state index contributed by atoms with van der Waals surface area (Å²) in [5.74, 6) is 0.452. The topological polar surface area (TPSA) is 66.2 Å². The van der Waals surface area contributed by atoms with Gasteiger partial charge in [0, 0.05) is 10.8 Å². The van der Waals surface area contributed by atoms with Crippen LogP contribution in [0, 0.1) is 0 Å². The summed E-state index contributed by atoms with van der Waals surface area (Å²) in [6.07, 6.45) is 0.960. The van der Waals surface area contributed by atoms with Gasteiger partial charge in [-0.05, 0) is 11.6 Å². The van der Waals surface area contributed by atoms with Gasteiger partial charge in [0.1, 0.15) is 0 Å². The lowest BCUT2D eigenvalue weighted by Gasteiger charge is -2.17. The number of benzene rings is 1. The first-order valence-electron chi connectivity index (χ1n) is 5.59. The van der Waals surface area contributed by atoms with Crippen LogP contribution in [0.4, 0.5) is 0 Å². The molecule has 0 saturated carbocycles. The molecule has 1 aromatic carbocycles. The molecule has 0 radical (unpaired) electrons. The minimum absolute atomic E-state index is 0.188. The van der Waals surface area contributed by atoms with Crippen LogP contribution < -0.4 is 5.32 Å². The second kappa shape index (κ2) is 5.14. The van der Waals surface area contributed by atoms with E-state index in [1.165, 1.54) is 18.0 Å². The van der Waals surface area contributed by atoms with Gasteiger partial charge in [0.25, 0.3) is 5.91 Å². The van der Waals surface area contributed by atoms with Gasteiger partial charge in [-0.2, -0.15) is 10.2 Å². The maximum Gasteiger partial charge on any atom is 0.258 e. The smallest absolute Gasteiger partial charge is 0.258 e. The normalized spacial score (nSPS) is 20.7. The van der Waals surface area contributed by atoms with Crippen molar-refractivity contribution in [2.24, 2.45) is 15.2 Å². The van der Waals surface area contributed by atoms with Crippen molar-refractivity contribution in [1.29, 1.82) is 0 Å². The Morgan fingerprint density at radius 1 is 1.37 bits per heavy atom. The Labute approximate surface area is 118 Å². The van der Waals surface area contributed by atoms with Crippen molar-refractivity contribution in [3.8, 4) is 0 Å². The molecule has 0 aromatic heterocycles. The quantitative estimate of drug-likeness (QED) is 0.911. The first-order valence-corrected chi connectivity index (χ1v) is 6.96. The molecule has 7 heteroatoms. The molecule has 2 aliphatic heterocycles. The second-order valence-corrected chi connectivity index (χ2v) is 5.33. The van der Waals surface area contributed by atoms with E-state index in [9.17, 15) is 4.79 Å². The number of rotatable bonds is 2. The molecular weight excluding hydrogens is 284 g/mol. The summed E-state index contributed by atoms with van der Waals surface area (Å²) in [5, 5.41) is 11.6. The minimum atomic E-state index is -0.484. The Balaban J connectivity index is 1.71. The fourth-order valence-electron chi connectivity index (χ4n) is 1.71. The van der Waals surface area contributed by atoms with Crippen LogP contribution in [0.25, 0.3) is 0 Å². The van der Waals surface area contributed by atoms with Crippen molar-refractivity contribution in [3.05, 3.63) is 46.6 Å². The predicted molar refractivity (Wildman–Crippen MR) is 75.1 cm³/mol. The van der Waals surface area contributed by atoms with Crippen molar-refractivity contribution in [2.45, 2.75) is 11.9 Å². The maximum atomic E-state index is 11.7. The van der Waals surface area contributed by atoms with E-state index in [0.717, 1.165) is 5.56 Å². The van der Waals surface area contributed by atoms with Crippen LogP contribution >= 0.6 is 23.4 Å². The fraction of sp³-hybridized carbons (Fsp3) is 0.167. The SMILES string of the molecule is O=C1NC(SCc2ccccc2Cl)=NC2N=NC=C12. The molecule has 1 amide bonds. The highest BCUT2D eigenvalue weighted by molar-refractivity contribution is 8.13. The Morgan fingerprint density at radius 3 is 3.05 bits per heavy atom. The summed E-state index contributed by atoms with van der Waals surface area (Å²) in [6, 6.07) is 7.59. The van der Waals surface area contributed by atoms with Gasteiger partial charge < -0.3 is 5.32 Å². The number of hydrogen-bond acceptors (Lipinski definition) is 5. The summed E-state index contributed by atoms with van der Waals surface area (Å²) < 4.78 is 0. The Morgan fingerprint density at radius 2 is 2.21 bits per heavy atom. The van der Waals surface area contributed by atoms with Gasteiger partial charge in [-0.25, -0.2) is 4.99 Å². The molecule has 5 nitrogen and oxygen atoms in total. The van der Waals surface area contributed by atoms with E-state index in [1.807, 2.05) is 24.3 Å². The molecule has 2 aliphatic rings. The number of amidine groups is 1. The molecule has 1 aromatic rings. The van der Waals surface area contributed by atoms with Crippen LogP contribution in [0.5, 0.6) is 0 Å². The summed E-state index contributed by atoms with van der Waals surface area (Å²) in [7, 11) is 0. The number of hydrogen-bond donors (Lipinski definition) is 1. The van der Waals surface area contributed by atoms with E-state index in [2.05, 4.69) is 20.5 Å². The fourth-order valence-corrected chi connectivity index (χ4v) is 2.87.